The van der Waals surface area contributed by atoms with Crippen LogP contribution in [0.2, 0.25) is 0 Å². The van der Waals surface area contributed by atoms with Crippen LogP contribution in [0.25, 0.3) is 22.5 Å². The molecule has 0 radical (unpaired) electrons. The molecule has 0 saturated carbocycles. The summed E-state index contributed by atoms with van der Waals surface area (Å²) in [4.78, 5) is 19.9. The number of thiazole rings is 1. The highest BCUT2D eigenvalue weighted by atomic mass is 32.1. The zero-order valence-corrected chi connectivity index (χ0v) is 21.2. The van der Waals surface area contributed by atoms with E-state index in [1.54, 1.807) is 7.11 Å². The van der Waals surface area contributed by atoms with E-state index < -0.39 is 0 Å². The van der Waals surface area contributed by atoms with E-state index in [1.165, 1.54) is 28.0 Å². The van der Waals surface area contributed by atoms with E-state index in [0.29, 0.717) is 4.53 Å². The average molecular weight is 501 g/mol. The van der Waals surface area contributed by atoms with Crippen molar-refractivity contribution in [2.75, 3.05) is 7.11 Å². The second-order valence-corrected chi connectivity index (χ2v) is 10.5. The molecular weight excluding hydrogens is 476 g/mol. The summed E-state index contributed by atoms with van der Waals surface area (Å²) in [7, 11) is 1.68. The van der Waals surface area contributed by atoms with Gasteiger partial charge in [0.25, 0.3) is 5.56 Å². The van der Waals surface area contributed by atoms with Crippen molar-refractivity contribution < 1.29 is 4.74 Å². The fraction of sp³-hybridized carbons (Fsp3) is 0.125. The molecule has 1 aliphatic heterocycles. The van der Waals surface area contributed by atoms with Gasteiger partial charge in [-0.15, -0.1) is 0 Å². The third-order valence-electron chi connectivity index (χ3n) is 7.39. The average Bonchev–Trinajstić information content (AvgIpc) is 3.26. The highest BCUT2D eigenvalue weighted by Crippen LogP contribution is 2.41. The molecule has 2 aliphatic rings. The van der Waals surface area contributed by atoms with Crippen molar-refractivity contribution in [1.29, 1.82) is 0 Å². The summed E-state index contributed by atoms with van der Waals surface area (Å²) in [5, 5.41) is 2.29. The lowest BCUT2D eigenvalue weighted by molar-refractivity contribution is 0.413. The lowest BCUT2D eigenvalue weighted by Gasteiger charge is -2.31. The van der Waals surface area contributed by atoms with Crippen LogP contribution >= 0.6 is 11.3 Å². The first kappa shape index (κ1) is 22.0. The van der Waals surface area contributed by atoms with E-state index in [2.05, 4.69) is 54.6 Å². The Balaban J connectivity index is 1.51. The second-order valence-electron chi connectivity index (χ2n) is 9.46. The summed E-state index contributed by atoms with van der Waals surface area (Å²) in [6.45, 7) is 0. The number of hydrogen-bond acceptors (Lipinski definition) is 4. The summed E-state index contributed by atoms with van der Waals surface area (Å²) < 4.78 is 8.13. The Morgan fingerprint density at radius 2 is 1.76 bits per heavy atom. The van der Waals surface area contributed by atoms with Gasteiger partial charge in [-0.1, -0.05) is 90.2 Å². The van der Waals surface area contributed by atoms with Gasteiger partial charge in [0.05, 0.1) is 23.4 Å². The lowest BCUT2D eigenvalue weighted by Crippen LogP contribution is -2.38. The molecule has 1 atom stereocenters. The van der Waals surface area contributed by atoms with Crippen LogP contribution in [0, 0.1) is 0 Å². The number of hydrogen-bond donors (Lipinski definition) is 0. The van der Waals surface area contributed by atoms with Crippen LogP contribution in [0.4, 0.5) is 0 Å². The molecule has 2 heterocycles. The quantitative estimate of drug-likeness (QED) is 0.329. The van der Waals surface area contributed by atoms with E-state index in [0.717, 1.165) is 51.0 Å². The Bertz CT molecular complexity index is 1910. The zero-order chi connectivity index (χ0) is 24.9. The van der Waals surface area contributed by atoms with Gasteiger partial charge in [0.15, 0.2) is 4.80 Å². The largest absolute Gasteiger partial charge is 0.497 e. The summed E-state index contributed by atoms with van der Waals surface area (Å²) in [6, 6.07) is 30.8. The zero-order valence-electron chi connectivity index (χ0n) is 20.3. The highest BCUT2D eigenvalue weighted by Gasteiger charge is 2.32. The maximum absolute atomic E-state index is 14.0. The SMILES string of the molecule is COc1cccc([C@H]2C3=C(N=c4s/c(=C/c5cccc6ccccc56)c(=O)n42)c2ccccc2CC3)c1. The van der Waals surface area contributed by atoms with Gasteiger partial charge in [-0.3, -0.25) is 9.36 Å². The maximum Gasteiger partial charge on any atom is 0.271 e. The molecule has 0 saturated heterocycles. The molecule has 4 aromatic carbocycles. The van der Waals surface area contributed by atoms with Gasteiger partial charge >= 0.3 is 0 Å². The minimum atomic E-state index is -0.218. The van der Waals surface area contributed by atoms with E-state index in [1.807, 2.05) is 47.0 Å². The normalized spacial score (nSPS) is 16.7. The lowest BCUT2D eigenvalue weighted by atomic mass is 9.83. The molecule has 0 fully saturated rings. The predicted molar refractivity (Wildman–Crippen MR) is 150 cm³/mol. The van der Waals surface area contributed by atoms with Crippen molar-refractivity contribution >= 4 is 33.9 Å². The molecule has 0 N–H and O–H groups in total. The third-order valence-corrected chi connectivity index (χ3v) is 8.38. The van der Waals surface area contributed by atoms with Crippen LogP contribution in [0.15, 0.2) is 106 Å². The standard InChI is InChI=1S/C32H24N2O2S/c1-36-24-13-7-12-23(18-24)30-27-17-16-21-9-3-5-15-26(21)29(27)33-32-34(30)31(35)28(37-32)19-22-11-6-10-20-8-2-4-14-25(20)22/h2-15,18-19,30H,16-17H2,1H3/b28-19+/t30-/m0/s1. The number of fused-ring (bicyclic) bond motifs is 4. The van der Waals surface area contributed by atoms with E-state index in [9.17, 15) is 4.79 Å². The number of nitrogens with zero attached hydrogens (tertiary/aromatic N) is 2. The van der Waals surface area contributed by atoms with Crippen LogP contribution in [0.5, 0.6) is 5.75 Å². The highest BCUT2D eigenvalue weighted by molar-refractivity contribution is 7.07. The molecule has 0 bridgehead atoms. The van der Waals surface area contributed by atoms with E-state index >= 15 is 0 Å². The topological polar surface area (TPSA) is 43.6 Å². The molecule has 0 spiro atoms. The summed E-state index contributed by atoms with van der Waals surface area (Å²) in [5.41, 5.74) is 6.75. The van der Waals surface area contributed by atoms with Crippen LogP contribution in [-0.4, -0.2) is 11.7 Å². The van der Waals surface area contributed by atoms with E-state index in [4.69, 9.17) is 9.73 Å². The summed E-state index contributed by atoms with van der Waals surface area (Å²) in [6.07, 6.45) is 3.82. The second kappa shape index (κ2) is 8.71. The van der Waals surface area contributed by atoms with Gasteiger partial charge < -0.3 is 4.74 Å². The van der Waals surface area contributed by atoms with Gasteiger partial charge in [0.2, 0.25) is 0 Å². The van der Waals surface area contributed by atoms with Crippen molar-refractivity contribution in [1.82, 2.24) is 4.57 Å². The Kier molecular flexibility index (Phi) is 5.18. The molecule has 37 heavy (non-hydrogen) atoms. The number of methoxy groups -OCH3 is 1. The number of benzene rings is 4. The van der Waals surface area contributed by atoms with Crippen LogP contribution in [-0.2, 0) is 6.42 Å². The summed E-state index contributed by atoms with van der Waals surface area (Å²) in [5.74, 6) is 0.783. The Morgan fingerprint density at radius 3 is 2.68 bits per heavy atom. The molecular formula is C32H24N2O2S. The predicted octanol–water partition coefficient (Wildman–Crippen LogP) is 5.48. The molecule has 1 aromatic heterocycles. The van der Waals surface area contributed by atoms with Crippen molar-refractivity contribution in [3.05, 3.63) is 139 Å². The van der Waals surface area contributed by atoms with Gasteiger partial charge in [-0.2, -0.15) is 0 Å². The smallest absolute Gasteiger partial charge is 0.271 e. The molecule has 180 valence electrons. The first-order chi connectivity index (χ1) is 18.2. The Morgan fingerprint density at radius 1 is 0.946 bits per heavy atom. The molecule has 1 aliphatic carbocycles. The van der Waals surface area contributed by atoms with Crippen molar-refractivity contribution in [2.45, 2.75) is 18.9 Å². The molecule has 0 amide bonds. The first-order valence-corrected chi connectivity index (χ1v) is 13.3. The number of allylic oxidation sites excluding steroid dienone is 1. The fourth-order valence-electron chi connectivity index (χ4n) is 5.65. The summed E-state index contributed by atoms with van der Waals surface area (Å²) >= 11 is 1.47. The van der Waals surface area contributed by atoms with Gasteiger partial charge in [0.1, 0.15) is 5.75 Å². The van der Waals surface area contributed by atoms with E-state index in [-0.39, 0.29) is 11.6 Å². The van der Waals surface area contributed by atoms with Crippen LogP contribution in [0.3, 0.4) is 0 Å². The fourth-order valence-corrected chi connectivity index (χ4v) is 6.64. The molecule has 5 aromatic rings. The number of ether oxygens (including phenoxy) is 1. The van der Waals surface area contributed by atoms with Crippen molar-refractivity contribution in [2.24, 2.45) is 4.99 Å². The first-order valence-electron chi connectivity index (χ1n) is 12.5. The molecule has 4 nitrogen and oxygen atoms in total. The Labute approximate surface area is 218 Å². The Hall–Kier alpha value is -4.22. The van der Waals surface area contributed by atoms with Gasteiger partial charge in [0, 0.05) is 5.56 Å². The van der Waals surface area contributed by atoms with Gasteiger partial charge in [-0.05, 0) is 64.1 Å². The maximum atomic E-state index is 14.0. The minimum Gasteiger partial charge on any atom is -0.497 e. The van der Waals surface area contributed by atoms with Crippen molar-refractivity contribution in [3.8, 4) is 5.75 Å². The van der Waals surface area contributed by atoms with Crippen LogP contribution < -0.4 is 19.6 Å². The number of aromatic nitrogens is 1. The molecule has 5 heteroatoms. The molecule has 0 unspecified atom stereocenters. The van der Waals surface area contributed by atoms with Crippen LogP contribution in [0.1, 0.15) is 34.7 Å². The van der Waals surface area contributed by atoms with Crippen molar-refractivity contribution in [3.63, 3.8) is 0 Å². The number of aryl methyl sites for hydroxylation is 1. The monoisotopic (exact) mass is 500 g/mol. The third kappa shape index (κ3) is 3.58. The van der Waals surface area contributed by atoms with Gasteiger partial charge in [-0.25, -0.2) is 4.99 Å². The molecule has 7 rings (SSSR count). The number of rotatable bonds is 3. The minimum absolute atomic E-state index is 0.00471.